The van der Waals surface area contributed by atoms with Crippen LogP contribution in [0.1, 0.15) is 108 Å². The van der Waals surface area contributed by atoms with Gasteiger partial charge in [0.25, 0.3) is 0 Å². The SMILES string of the molecule is CC(C)(C(=O)OC1C[C@@H]2CC[C@@]1(C)C2(C)C)C(C)(C)C(=O)O[C@@H]1C[C@@H]2CC[C@@]1(C)C2(C)C. The first-order chi connectivity index (χ1) is 14.4. The predicted octanol–water partition coefficient (Wildman–Crippen LogP) is 6.55. The molecular formula is C28H46O4. The quantitative estimate of drug-likeness (QED) is 0.449. The van der Waals surface area contributed by atoms with Crippen LogP contribution in [0.5, 0.6) is 0 Å². The van der Waals surface area contributed by atoms with Crippen LogP contribution in [-0.4, -0.2) is 24.1 Å². The number of fused-ring (bicyclic) bond motifs is 4. The van der Waals surface area contributed by atoms with E-state index in [9.17, 15) is 9.59 Å². The van der Waals surface area contributed by atoms with E-state index in [1.807, 2.05) is 27.7 Å². The monoisotopic (exact) mass is 446 g/mol. The van der Waals surface area contributed by atoms with E-state index in [2.05, 4.69) is 41.5 Å². The van der Waals surface area contributed by atoms with Crippen molar-refractivity contribution >= 4 is 11.9 Å². The fourth-order valence-electron chi connectivity index (χ4n) is 7.68. The van der Waals surface area contributed by atoms with Gasteiger partial charge in [-0.05, 0) is 88.9 Å². The molecule has 0 heterocycles. The Balaban J connectivity index is 1.47. The Morgan fingerprint density at radius 3 is 1.19 bits per heavy atom. The molecule has 0 aliphatic heterocycles. The van der Waals surface area contributed by atoms with Crippen LogP contribution < -0.4 is 0 Å². The number of carbonyl (C=O) groups is 2. The second-order valence-corrected chi connectivity index (χ2v) is 14.3. The molecule has 0 aromatic rings. The lowest BCUT2D eigenvalue weighted by molar-refractivity contribution is -0.189. The molecule has 0 N–H and O–H groups in total. The summed E-state index contributed by atoms with van der Waals surface area (Å²) in [6.45, 7) is 21.3. The minimum atomic E-state index is -0.972. The molecule has 4 saturated carbocycles. The minimum absolute atomic E-state index is 0.0112. The molecule has 32 heavy (non-hydrogen) atoms. The lowest BCUT2D eigenvalue weighted by Gasteiger charge is -2.43. The molecule has 1 unspecified atom stereocenters. The summed E-state index contributed by atoms with van der Waals surface area (Å²) < 4.78 is 12.4. The third kappa shape index (κ3) is 2.79. The largest absolute Gasteiger partial charge is 0.461 e. The molecule has 0 spiro atoms. The van der Waals surface area contributed by atoms with Gasteiger partial charge in [0, 0.05) is 10.8 Å². The van der Waals surface area contributed by atoms with Crippen molar-refractivity contribution in [2.24, 2.45) is 44.3 Å². The van der Waals surface area contributed by atoms with Crippen LogP contribution in [-0.2, 0) is 19.1 Å². The van der Waals surface area contributed by atoms with E-state index >= 15 is 0 Å². The average Bonchev–Trinajstić information content (AvgIpc) is 3.19. The smallest absolute Gasteiger partial charge is 0.312 e. The van der Waals surface area contributed by atoms with E-state index in [1.54, 1.807) is 0 Å². The van der Waals surface area contributed by atoms with Gasteiger partial charge in [0.2, 0.25) is 0 Å². The van der Waals surface area contributed by atoms with Crippen LogP contribution >= 0.6 is 0 Å². The number of hydrogen-bond donors (Lipinski definition) is 0. The van der Waals surface area contributed by atoms with E-state index in [-0.39, 0.29) is 45.8 Å². The van der Waals surface area contributed by atoms with Crippen LogP contribution in [0.15, 0.2) is 0 Å². The molecule has 4 aliphatic rings. The van der Waals surface area contributed by atoms with Crippen LogP contribution in [0.4, 0.5) is 0 Å². The summed E-state index contributed by atoms with van der Waals surface area (Å²) in [5.41, 5.74) is -1.56. The highest BCUT2D eigenvalue weighted by molar-refractivity contribution is 5.87. The molecule has 0 aromatic heterocycles. The first kappa shape index (κ1) is 24.1. The fourth-order valence-corrected chi connectivity index (χ4v) is 7.68. The number of carbonyl (C=O) groups excluding carboxylic acids is 2. The molecule has 6 atom stereocenters. The van der Waals surface area contributed by atoms with E-state index in [1.165, 1.54) is 12.8 Å². The van der Waals surface area contributed by atoms with Gasteiger partial charge in [-0.15, -0.1) is 0 Å². The van der Waals surface area contributed by atoms with E-state index in [0.29, 0.717) is 11.8 Å². The second kappa shape index (κ2) is 6.75. The van der Waals surface area contributed by atoms with E-state index < -0.39 is 10.8 Å². The van der Waals surface area contributed by atoms with Crippen LogP contribution in [0.3, 0.4) is 0 Å². The zero-order valence-corrected chi connectivity index (χ0v) is 22.2. The first-order valence-electron chi connectivity index (χ1n) is 12.8. The highest BCUT2D eigenvalue weighted by Gasteiger charge is 2.65. The molecule has 0 aromatic carbocycles. The van der Waals surface area contributed by atoms with Crippen LogP contribution in [0.2, 0.25) is 0 Å². The minimum Gasteiger partial charge on any atom is -0.461 e. The number of hydrogen-bond acceptors (Lipinski definition) is 4. The van der Waals surface area contributed by atoms with Crippen molar-refractivity contribution in [2.75, 3.05) is 0 Å². The van der Waals surface area contributed by atoms with Gasteiger partial charge in [0.15, 0.2) is 0 Å². The summed E-state index contributed by atoms with van der Waals surface area (Å²) in [4.78, 5) is 27.0. The summed E-state index contributed by atoms with van der Waals surface area (Å²) >= 11 is 0. The van der Waals surface area contributed by atoms with Gasteiger partial charge in [0.05, 0.1) is 10.8 Å². The van der Waals surface area contributed by atoms with Gasteiger partial charge in [-0.3, -0.25) is 9.59 Å². The van der Waals surface area contributed by atoms with Crippen molar-refractivity contribution in [3.05, 3.63) is 0 Å². The lowest BCUT2D eigenvalue weighted by atomic mass is 9.67. The Bertz CT molecular complexity index is 753. The van der Waals surface area contributed by atoms with Gasteiger partial charge in [0.1, 0.15) is 12.2 Å². The van der Waals surface area contributed by atoms with Crippen LogP contribution in [0, 0.1) is 44.3 Å². The maximum atomic E-state index is 13.5. The molecule has 4 aliphatic carbocycles. The summed E-state index contributed by atoms with van der Waals surface area (Å²) in [6, 6.07) is 0. The molecule has 4 nitrogen and oxygen atoms in total. The molecule has 4 fully saturated rings. The number of ether oxygens (including phenoxy) is 2. The molecule has 4 bridgehead atoms. The number of rotatable bonds is 5. The highest BCUT2D eigenvalue weighted by Crippen LogP contribution is 2.67. The maximum Gasteiger partial charge on any atom is 0.312 e. The summed E-state index contributed by atoms with van der Waals surface area (Å²) in [7, 11) is 0. The van der Waals surface area contributed by atoms with Gasteiger partial charge in [-0.25, -0.2) is 0 Å². The van der Waals surface area contributed by atoms with E-state index in [4.69, 9.17) is 9.47 Å². The zero-order valence-electron chi connectivity index (χ0n) is 22.2. The molecule has 182 valence electrons. The van der Waals surface area contributed by atoms with Crippen molar-refractivity contribution in [1.29, 1.82) is 0 Å². The van der Waals surface area contributed by atoms with Gasteiger partial charge < -0.3 is 9.47 Å². The molecular weight excluding hydrogens is 400 g/mol. The van der Waals surface area contributed by atoms with Gasteiger partial charge in [-0.1, -0.05) is 41.5 Å². The molecule has 0 saturated heterocycles. The normalized spacial score (nSPS) is 41.7. The molecule has 0 amide bonds. The summed E-state index contributed by atoms with van der Waals surface area (Å²) in [5.74, 6) is 0.670. The third-order valence-electron chi connectivity index (χ3n) is 12.5. The third-order valence-corrected chi connectivity index (χ3v) is 12.5. The van der Waals surface area contributed by atoms with Gasteiger partial charge in [-0.2, -0.15) is 0 Å². The standard InChI is InChI=1S/C28H46O4/c1-23(2)17-11-13-27(23,9)19(15-17)31-21(29)25(5,6)26(7,8)22(30)32-20-16-18-12-14-28(20,10)24(18,3)4/h17-20H,11-16H2,1-10H3/t17-,18-,19+,20?,27+,28+/m0/s1. The number of esters is 2. The van der Waals surface area contributed by atoms with Gasteiger partial charge >= 0.3 is 11.9 Å². The Morgan fingerprint density at radius 2 is 0.969 bits per heavy atom. The predicted molar refractivity (Wildman–Crippen MR) is 126 cm³/mol. The molecule has 4 rings (SSSR count). The molecule has 4 heteroatoms. The maximum absolute atomic E-state index is 13.5. The fraction of sp³-hybridized carbons (Fsp3) is 0.929. The van der Waals surface area contributed by atoms with Crippen molar-refractivity contribution in [3.63, 3.8) is 0 Å². The lowest BCUT2D eigenvalue weighted by Crippen LogP contribution is -2.50. The van der Waals surface area contributed by atoms with E-state index in [0.717, 1.165) is 25.7 Å². The first-order valence-corrected chi connectivity index (χ1v) is 12.8. The Morgan fingerprint density at radius 1 is 0.656 bits per heavy atom. The van der Waals surface area contributed by atoms with Crippen molar-refractivity contribution in [3.8, 4) is 0 Å². The van der Waals surface area contributed by atoms with Crippen molar-refractivity contribution < 1.29 is 19.1 Å². The van der Waals surface area contributed by atoms with Crippen LogP contribution in [0.25, 0.3) is 0 Å². The highest BCUT2D eigenvalue weighted by atomic mass is 16.6. The van der Waals surface area contributed by atoms with Crippen molar-refractivity contribution in [2.45, 2.75) is 120 Å². The zero-order chi connectivity index (χ0) is 24.1. The topological polar surface area (TPSA) is 52.6 Å². The Labute approximate surface area is 195 Å². The summed E-state index contributed by atoms with van der Waals surface area (Å²) in [5, 5.41) is 0. The Kier molecular flexibility index (Phi) is 5.08. The summed E-state index contributed by atoms with van der Waals surface area (Å²) in [6.07, 6.45) is 6.38. The van der Waals surface area contributed by atoms with Crippen molar-refractivity contribution in [1.82, 2.24) is 0 Å². The second-order valence-electron chi connectivity index (χ2n) is 14.3. The average molecular weight is 447 g/mol. The Hall–Kier alpha value is -1.06. The molecule has 0 radical (unpaired) electrons.